The molecule has 0 atom stereocenters. The molecule has 1 fully saturated rings. The Morgan fingerprint density at radius 2 is 1.82 bits per heavy atom. The molecule has 2 heterocycles. The standard InChI is InChI=1S/C21H21FN4O2/c22-18-8-6-15(7-9-18)14-23-20(27)17-10-12-26(13-11-17)21-24-19(25-28-21)16-4-2-1-3-5-16/h1-9,17H,10-14H2,(H,23,27). The Balaban J connectivity index is 1.29. The molecule has 7 heteroatoms. The molecule has 28 heavy (non-hydrogen) atoms. The summed E-state index contributed by atoms with van der Waals surface area (Å²) in [5.41, 5.74) is 1.79. The molecule has 144 valence electrons. The molecule has 1 aromatic heterocycles. The number of amides is 1. The fraction of sp³-hybridized carbons (Fsp3) is 0.286. The van der Waals surface area contributed by atoms with Crippen molar-refractivity contribution in [3.63, 3.8) is 0 Å². The van der Waals surface area contributed by atoms with Gasteiger partial charge in [0.1, 0.15) is 5.82 Å². The van der Waals surface area contributed by atoms with Gasteiger partial charge in [-0.3, -0.25) is 4.79 Å². The topological polar surface area (TPSA) is 71.3 Å². The van der Waals surface area contributed by atoms with Crippen molar-refractivity contribution in [3.8, 4) is 11.4 Å². The van der Waals surface area contributed by atoms with E-state index in [0.29, 0.717) is 31.5 Å². The average Bonchev–Trinajstić information content (AvgIpc) is 3.24. The molecule has 3 aromatic rings. The first kappa shape index (κ1) is 18.2. The summed E-state index contributed by atoms with van der Waals surface area (Å²) in [6.45, 7) is 1.78. The summed E-state index contributed by atoms with van der Waals surface area (Å²) in [5.74, 6) is 0.265. The number of piperidine rings is 1. The van der Waals surface area contributed by atoms with Gasteiger partial charge in [-0.2, -0.15) is 4.98 Å². The van der Waals surface area contributed by atoms with E-state index in [1.165, 1.54) is 12.1 Å². The number of halogens is 1. The van der Waals surface area contributed by atoms with E-state index in [1.54, 1.807) is 12.1 Å². The molecule has 1 amide bonds. The Morgan fingerprint density at radius 1 is 1.11 bits per heavy atom. The van der Waals surface area contributed by atoms with Crippen LogP contribution in [0.25, 0.3) is 11.4 Å². The minimum Gasteiger partial charge on any atom is -0.352 e. The number of rotatable bonds is 5. The van der Waals surface area contributed by atoms with Gasteiger partial charge in [0.2, 0.25) is 11.7 Å². The van der Waals surface area contributed by atoms with Gasteiger partial charge in [0, 0.05) is 31.1 Å². The molecule has 2 aromatic carbocycles. The maximum Gasteiger partial charge on any atom is 0.324 e. The second kappa shape index (κ2) is 8.21. The van der Waals surface area contributed by atoms with Crippen LogP contribution in [0.15, 0.2) is 59.1 Å². The van der Waals surface area contributed by atoms with Crippen molar-refractivity contribution >= 4 is 11.9 Å². The Hall–Kier alpha value is -3.22. The van der Waals surface area contributed by atoms with Gasteiger partial charge in [0.15, 0.2) is 0 Å². The molecular formula is C21H21FN4O2. The lowest BCUT2D eigenvalue weighted by atomic mass is 9.96. The predicted octanol–water partition coefficient (Wildman–Crippen LogP) is 3.41. The van der Waals surface area contributed by atoms with Crippen molar-refractivity contribution in [2.45, 2.75) is 19.4 Å². The van der Waals surface area contributed by atoms with Crippen LogP contribution in [0.1, 0.15) is 18.4 Å². The van der Waals surface area contributed by atoms with Crippen molar-refractivity contribution in [2.75, 3.05) is 18.0 Å². The van der Waals surface area contributed by atoms with Crippen LogP contribution in [0.4, 0.5) is 10.4 Å². The molecule has 0 aliphatic carbocycles. The third kappa shape index (κ3) is 4.19. The molecule has 1 saturated heterocycles. The Labute approximate surface area is 162 Å². The van der Waals surface area contributed by atoms with Crippen molar-refractivity contribution in [1.82, 2.24) is 15.5 Å². The summed E-state index contributed by atoms with van der Waals surface area (Å²) in [5, 5.41) is 6.99. The molecule has 6 nitrogen and oxygen atoms in total. The Kier molecular flexibility index (Phi) is 5.32. The number of carbonyl (C=O) groups is 1. The van der Waals surface area contributed by atoms with E-state index in [2.05, 4.69) is 15.5 Å². The molecular weight excluding hydrogens is 359 g/mol. The van der Waals surface area contributed by atoms with Crippen LogP contribution in [0, 0.1) is 11.7 Å². The highest BCUT2D eigenvalue weighted by Gasteiger charge is 2.27. The number of nitrogens with zero attached hydrogens (tertiary/aromatic N) is 3. The van der Waals surface area contributed by atoms with Crippen molar-refractivity contribution in [1.29, 1.82) is 0 Å². The Bertz CT molecular complexity index is 919. The minimum atomic E-state index is -0.279. The highest BCUT2D eigenvalue weighted by molar-refractivity contribution is 5.78. The fourth-order valence-corrected chi connectivity index (χ4v) is 3.32. The number of nitrogens with one attached hydrogen (secondary N) is 1. The van der Waals surface area contributed by atoms with Gasteiger partial charge in [0.05, 0.1) is 0 Å². The van der Waals surface area contributed by atoms with E-state index in [0.717, 1.165) is 24.0 Å². The van der Waals surface area contributed by atoms with Crippen molar-refractivity contribution in [3.05, 3.63) is 66.0 Å². The summed E-state index contributed by atoms with van der Waals surface area (Å²) < 4.78 is 18.3. The van der Waals surface area contributed by atoms with Crippen LogP contribution in [-0.4, -0.2) is 29.1 Å². The van der Waals surface area contributed by atoms with Crippen molar-refractivity contribution < 1.29 is 13.7 Å². The predicted molar refractivity (Wildman–Crippen MR) is 103 cm³/mol. The number of carbonyl (C=O) groups excluding carboxylic acids is 1. The quantitative estimate of drug-likeness (QED) is 0.734. The van der Waals surface area contributed by atoms with E-state index < -0.39 is 0 Å². The van der Waals surface area contributed by atoms with E-state index >= 15 is 0 Å². The maximum atomic E-state index is 12.9. The zero-order valence-electron chi connectivity index (χ0n) is 15.3. The first-order chi connectivity index (χ1) is 13.7. The summed E-state index contributed by atoms with van der Waals surface area (Å²) in [6, 6.07) is 16.3. The third-order valence-corrected chi connectivity index (χ3v) is 4.96. The molecule has 4 rings (SSSR count). The zero-order valence-corrected chi connectivity index (χ0v) is 15.3. The normalized spacial score (nSPS) is 14.8. The van der Waals surface area contributed by atoms with Crippen LogP contribution < -0.4 is 10.2 Å². The fourth-order valence-electron chi connectivity index (χ4n) is 3.32. The number of benzene rings is 2. The molecule has 0 unspecified atom stereocenters. The number of anilines is 1. The summed E-state index contributed by atoms with van der Waals surface area (Å²) in [4.78, 5) is 18.9. The molecule has 0 bridgehead atoms. The molecule has 0 radical (unpaired) electrons. The minimum absolute atomic E-state index is 0.0273. The van der Waals surface area contributed by atoms with Gasteiger partial charge in [-0.05, 0) is 30.5 Å². The molecule has 1 N–H and O–H groups in total. The van der Waals surface area contributed by atoms with E-state index in [4.69, 9.17) is 4.52 Å². The molecule has 1 aliphatic heterocycles. The molecule has 0 spiro atoms. The third-order valence-electron chi connectivity index (χ3n) is 4.96. The smallest absolute Gasteiger partial charge is 0.324 e. The van der Waals surface area contributed by atoms with Crippen LogP contribution in [-0.2, 0) is 11.3 Å². The average molecular weight is 380 g/mol. The largest absolute Gasteiger partial charge is 0.352 e. The second-order valence-electron chi connectivity index (χ2n) is 6.87. The summed E-state index contributed by atoms with van der Waals surface area (Å²) in [7, 11) is 0. The molecule has 1 aliphatic rings. The van der Waals surface area contributed by atoms with E-state index in [1.807, 2.05) is 35.2 Å². The first-order valence-electron chi connectivity index (χ1n) is 9.35. The highest BCUT2D eigenvalue weighted by Crippen LogP contribution is 2.24. The summed E-state index contributed by atoms with van der Waals surface area (Å²) >= 11 is 0. The first-order valence-corrected chi connectivity index (χ1v) is 9.35. The van der Waals surface area contributed by atoms with Gasteiger partial charge >= 0.3 is 6.01 Å². The van der Waals surface area contributed by atoms with E-state index in [-0.39, 0.29) is 17.6 Å². The van der Waals surface area contributed by atoms with Crippen molar-refractivity contribution in [2.24, 2.45) is 5.92 Å². The highest BCUT2D eigenvalue weighted by atomic mass is 19.1. The van der Waals surface area contributed by atoms with E-state index in [9.17, 15) is 9.18 Å². The second-order valence-corrected chi connectivity index (χ2v) is 6.87. The van der Waals surface area contributed by atoms with Gasteiger partial charge in [-0.15, -0.1) is 0 Å². The van der Waals surface area contributed by atoms with Crippen LogP contribution in [0.5, 0.6) is 0 Å². The van der Waals surface area contributed by atoms with Gasteiger partial charge in [0.25, 0.3) is 0 Å². The zero-order chi connectivity index (χ0) is 19.3. The Morgan fingerprint density at radius 3 is 2.54 bits per heavy atom. The lowest BCUT2D eigenvalue weighted by Crippen LogP contribution is -2.40. The number of aromatic nitrogens is 2. The van der Waals surface area contributed by atoms with Crippen LogP contribution in [0.2, 0.25) is 0 Å². The van der Waals surface area contributed by atoms with Crippen LogP contribution >= 0.6 is 0 Å². The van der Waals surface area contributed by atoms with Gasteiger partial charge in [-0.25, -0.2) is 4.39 Å². The molecule has 0 saturated carbocycles. The lowest BCUT2D eigenvalue weighted by molar-refractivity contribution is -0.125. The lowest BCUT2D eigenvalue weighted by Gasteiger charge is -2.29. The SMILES string of the molecule is O=C(NCc1ccc(F)cc1)C1CCN(c2nc(-c3ccccc3)no2)CC1. The maximum absolute atomic E-state index is 12.9. The van der Waals surface area contributed by atoms with Crippen LogP contribution in [0.3, 0.4) is 0 Å². The summed E-state index contributed by atoms with van der Waals surface area (Å²) in [6.07, 6.45) is 1.44. The van der Waals surface area contributed by atoms with Gasteiger partial charge < -0.3 is 14.7 Å². The monoisotopic (exact) mass is 380 g/mol. The number of hydrogen-bond donors (Lipinski definition) is 1. The van der Waals surface area contributed by atoms with Gasteiger partial charge in [-0.1, -0.05) is 47.6 Å². The number of hydrogen-bond acceptors (Lipinski definition) is 5.